The summed E-state index contributed by atoms with van der Waals surface area (Å²) in [5, 5.41) is 80.9. The van der Waals surface area contributed by atoms with Crippen LogP contribution in [-0.4, -0.2) is 157 Å². The van der Waals surface area contributed by atoms with Crippen LogP contribution in [0.15, 0.2) is 11.5 Å². The van der Waals surface area contributed by atoms with Crippen molar-refractivity contribution in [1.29, 1.82) is 0 Å². The number of carbonyl (C=O) groups is 4. The quantitative estimate of drug-likeness (QED) is 0.0324. The molecule has 25 heteroatoms. The van der Waals surface area contributed by atoms with Gasteiger partial charge in [-0.05, 0) is 0 Å². The third-order valence-electron chi connectivity index (χ3n) is 2.76. The van der Waals surface area contributed by atoms with Crippen LogP contribution in [-0.2, 0) is 39.8 Å². The van der Waals surface area contributed by atoms with Gasteiger partial charge in [0.2, 0.25) is 5.76 Å². The summed E-state index contributed by atoms with van der Waals surface area (Å²) in [5.41, 5.74) is -2.74. The molecule has 0 unspecified atom stereocenters. The molecule has 0 bridgehead atoms. The summed E-state index contributed by atoms with van der Waals surface area (Å²) in [4.78, 5) is 62.6. The average Bonchev–Trinajstić information content (AvgIpc) is 2.94. The van der Waals surface area contributed by atoms with Crippen LogP contribution in [0.25, 0.3) is 0 Å². The summed E-state index contributed by atoms with van der Waals surface area (Å²) in [6, 6.07) is 0. The van der Waals surface area contributed by atoms with Crippen LogP contribution in [0, 0.1) is 0 Å². The second-order valence-electron chi connectivity index (χ2n) is 5.53. The monoisotopic (exact) mass is 606 g/mol. The van der Waals surface area contributed by atoms with Crippen molar-refractivity contribution in [3.63, 3.8) is 0 Å². The van der Waals surface area contributed by atoms with E-state index in [9.17, 15) is 19.2 Å². The van der Waals surface area contributed by atoms with Crippen molar-refractivity contribution in [3.8, 4) is 0 Å². The van der Waals surface area contributed by atoms with Gasteiger partial charge in [-0.3, -0.25) is 29.2 Å². The Kier molecular flexibility index (Phi) is 27.1. The van der Waals surface area contributed by atoms with Crippen LogP contribution in [0.3, 0.4) is 0 Å². The Hall–Kier alpha value is -1.80. The van der Waals surface area contributed by atoms with E-state index in [1.54, 1.807) is 0 Å². The molecule has 1 aliphatic heterocycles. The molecule has 1 aliphatic rings. The van der Waals surface area contributed by atoms with Gasteiger partial charge in [-0.2, -0.15) is 4.21 Å². The molecule has 0 radical (unpaired) electrons. The Morgan fingerprint density at radius 1 is 1.00 bits per heavy atom. The number of carboxylic acids is 3. The standard InChI is InChI=1S/C6H8O7.C6H8O6.Na.H3O4P.H2O3S.H2O2.H/c7-3(8)1-6(13,5(11)12)2-4(9)10;7-1-2(8)5-3(9)4(10)6(11)12-5;;1-5(2,3)4;1-4(2)3;1-2;/h13H,1-2H2,(H,7,8)(H,9,10)(H,11,12);2,5,7-10H,1H2;;(H3,1,2,3,4);(H2,1,2,3);1-2H;/t;2-,5+;;;;;/m.0...../s1. The maximum atomic E-state index is 10.5. The van der Waals surface area contributed by atoms with Crippen molar-refractivity contribution in [1.82, 2.24) is 0 Å². The Morgan fingerprint density at radius 2 is 1.30 bits per heavy atom. The third-order valence-corrected chi connectivity index (χ3v) is 2.76. The number of carboxylic acid groups (broad SMARTS) is 3. The molecule has 0 fully saturated rings. The summed E-state index contributed by atoms with van der Waals surface area (Å²) in [6.07, 6.45) is -5.07. The molecule has 0 aromatic carbocycles. The summed E-state index contributed by atoms with van der Waals surface area (Å²) in [5.74, 6) is -7.80. The number of aliphatic hydroxyl groups excluding tert-OH is 4. The van der Waals surface area contributed by atoms with Gasteiger partial charge in [-0.25, -0.2) is 14.2 Å². The molecule has 0 aromatic heterocycles. The second-order valence-corrected chi connectivity index (χ2v) is 7.02. The first-order valence-electron chi connectivity index (χ1n) is 7.88. The van der Waals surface area contributed by atoms with Gasteiger partial charge < -0.3 is 60.3 Å². The van der Waals surface area contributed by atoms with Gasteiger partial charge in [0.15, 0.2) is 17.5 Å². The van der Waals surface area contributed by atoms with Gasteiger partial charge in [0.1, 0.15) is 6.10 Å². The van der Waals surface area contributed by atoms with Crippen LogP contribution in [0.2, 0.25) is 0 Å². The molecule has 2 atom stereocenters. The Bertz CT molecular complexity index is 794. The number of carbonyl (C=O) groups excluding carboxylic acids is 1. The number of hydrogen-bond donors (Lipinski definition) is 15. The molecule has 37 heavy (non-hydrogen) atoms. The van der Waals surface area contributed by atoms with Crippen LogP contribution in [0.1, 0.15) is 12.8 Å². The van der Waals surface area contributed by atoms with Crippen LogP contribution in [0.5, 0.6) is 0 Å². The van der Waals surface area contributed by atoms with Crippen molar-refractivity contribution in [2.24, 2.45) is 0 Å². The maximum absolute atomic E-state index is 10.5. The van der Waals surface area contributed by atoms with Gasteiger partial charge in [-0.15, -0.1) is 0 Å². The number of esters is 1. The van der Waals surface area contributed by atoms with E-state index in [0.29, 0.717) is 0 Å². The molecule has 1 heterocycles. The zero-order chi connectivity index (χ0) is 30.0. The van der Waals surface area contributed by atoms with E-state index in [1.807, 2.05) is 0 Å². The molecule has 0 amide bonds. The Morgan fingerprint density at radius 3 is 1.46 bits per heavy atom. The van der Waals surface area contributed by atoms with Gasteiger partial charge in [0.25, 0.3) is 11.4 Å². The average molecular weight is 606 g/mol. The zero-order valence-corrected chi connectivity index (χ0v) is 18.9. The van der Waals surface area contributed by atoms with Crippen molar-refractivity contribution in [2.45, 2.75) is 30.7 Å². The summed E-state index contributed by atoms with van der Waals surface area (Å²) < 4.78 is 36.0. The van der Waals surface area contributed by atoms with E-state index in [4.69, 9.17) is 83.9 Å². The zero-order valence-electron chi connectivity index (χ0n) is 17.2. The first kappa shape index (κ1) is 45.1. The molecular weight excluding hydrogens is 582 g/mol. The van der Waals surface area contributed by atoms with Crippen molar-refractivity contribution < 1.29 is 108 Å². The minimum absolute atomic E-state index is 0. The van der Waals surface area contributed by atoms with Crippen LogP contribution in [0.4, 0.5) is 0 Å². The number of cyclic esters (lactones) is 1. The topological polar surface area (TPSA) is 415 Å². The molecule has 216 valence electrons. The first-order valence-corrected chi connectivity index (χ1v) is 10.5. The predicted molar refractivity (Wildman–Crippen MR) is 112 cm³/mol. The molecule has 0 aromatic rings. The van der Waals surface area contributed by atoms with E-state index in [0.717, 1.165) is 0 Å². The molecule has 0 saturated carbocycles. The van der Waals surface area contributed by atoms with Crippen molar-refractivity contribution in [3.05, 3.63) is 11.5 Å². The summed E-state index contributed by atoms with van der Waals surface area (Å²) in [6.45, 7) is -0.671. The Balaban J connectivity index is -0.000000131. The predicted octanol–water partition coefficient (Wildman–Crippen LogP) is -4.53. The molecule has 0 saturated heterocycles. The van der Waals surface area contributed by atoms with Crippen molar-refractivity contribution in [2.75, 3.05) is 6.61 Å². The molecule has 22 nitrogen and oxygen atoms in total. The van der Waals surface area contributed by atoms with Crippen molar-refractivity contribution >= 4 is 72.6 Å². The number of phosphoric acid groups is 1. The van der Waals surface area contributed by atoms with Gasteiger partial charge in [0.05, 0.1) is 19.4 Å². The van der Waals surface area contributed by atoms with E-state index in [2.05, 4.69) is 4.74 Å². The van der Waals surface area contributed by atoms with E-state index >= 15 is 0 Å². The fraction of sp³-hybridized carbons (Fsp3) is 0.500. The number of aliphatic hydroxyl groups is 5. The minimum atomic E-state index is -4.64. The summed E-state index contributed by atoms with van der Waals surface area (Å²) >= 11 is -2.61. The number of aliphatic carboxylic acids is 3. The molecule has 0 aliphatic carbocycles. The second kappa shape index (κ2) is 22.2. The third kappa shape index (κ3) is 27.1. The normalized spacial score (nSPS) is 14.9. The SMILES string of the molecule is O=C(O)CC(O)(CC(=O)O)C(=O)O.O=C1O[C@H]([C@@H](O)CO)C(O)=C1O.O=P(O)(O)O.O=S(O)O.OO.[NaH]. The van der Waals surface area contributed by atoms with E-state index in [1.165, 1.54) is 0 Å². The van der Waals surface area contributed by atoms with Gasteiger partial charge in [-0.1, -0.05) is 0 Å². The first-order chi connectivity index (χ1) is 16.1. The van der Waals surface area contributed by atoms with Crippen LogP contribution < -0.4 is 0 Å². The molecule has 15 N–H and O–H groups in total. The summed E-state index contributed by atoms with van der Waals surface area (Å²) in [7, 11) is -4.64. The number of hydrogen-bond acceptors (Lipinski definition) is 14. The van der Waals surface area contributed by atoms with Gasteiger partial charge in [0, 0.05) is 0 Å². The molecule has 0 spiro atoms. The van der Waals surface area contributed by atoms with Gasteiger partial charge >= 0.3 is 61.3 Å². The van der Waals surface area contributed by atoms with Crippen LogP contribution >= 0.6 is 7.82 Å². The molecule has 1 rings (SSSR count). The van der Waals surface area contributed by atoms with E-state index < -0.39 is 91.8 Å². The number of ether oxygens (including phenoxy) is 1. The molecular formula is C12H24NaO22PS. The van der Waals surface area contributed by atoms with E-state index in [-0.39, 0.29) is 29.6 Å². The fourth-order valence-corrected chi connectivity index (χ4v) is 1.54. The number of rotatable bonds is 7. The fourth-order valence-electron chi connectivity index (χ4n) is 1.54. The Labute approximate surface area is 228 Å².